The molecular formula is C22H22O2. The molecule has 0 N–H and O–H groups in total. The molecule has 0 aliphatic rings. The SMILES string of the molecule is c1ccc(CCOc2cccc(OCCc3ccccc3)c2)cc1. The maximum atomic E-state index is 5.84. The molecule has 24 heavy (non-hydrogen) atoms. The molecule has 3 aromatic carbocycles. The lowest BCUT2D eigenvalue weighted by atomic mass is 10.2. The summed E-state index contributed by atoms with van der Waals surface area (Å²) in [4.78, 5) is 0. The van der Waals surface area contributed by atoms with Gasteiger partial charge in [0.25, 0.3) is 0 Å². The third kappa shape index (κ3) is 5.17. The van der Waals surface area contributed by atoms with Gasteiger partial charge in [0, 0.05) is 18.9 Å². The van der Waals surface area contributed by atoms with Crippen molar-refractivity contribution in [3.63, 3.8) is 0 Å². The molecule has 0 aliphatic heterocycles. The zero-order valence-corrected chi connectivity index (χ0v) is 13.7. The summed E-state index contributed by atoms with van der Waals surface area (Å²) in [5.74, 6) is 1.70. The van der Waals surface area contributed by atoms with Gasteiger partial charge in [0.15, 0.2) is 0 Å². The molecule has 0 saturated carbocycles. The maximum Gasteiger partial charge on any atom is 0.122 e. The van der Waals surface area contributed by atoms with Crippen LogP contribution in [-0.2, 0) is 12.8 Å². The lowest BCUT2D eigenvalue weighted by Crippen LogP contribution is -2.03. The first-order valence-electron chi connectivity index (χ1n) is 8.34. The van der Waals surface area contributed by atoms with Gasteiger partial charge in [0.05, 0.1) is 13.2 Å². The second-order valence-electron chi connectivity index (χ2n) is 5.64. The van der Waals surface area contributed by atoms with Crippen molar-refractivity contribution in [2.75, 3.05) is 13.2 Å². The van der Waals surface area contributed by atoms with Crippen LogP contribution in [0.1, 0.15) is 11.1 Å². The average molecular weight is 318 g/mol. The topological polar surface area (TPSA) is 18.5 Å². The van der Waals surface area contributed by atoms with Crippen molar-refractivity contribution in [1.29, 1.82) is 0 Å². The molecule has 0 bridgehead atoms. The van der Waals surface area contributed by atoms with Crippen LogP contribution in [0.15, 0.2) is 84.9 Å². The summed E-state index contributed by atoms with van der Waals surface area (Å²) in [7, 11) is 0. The van der Waals surface area contributed by atoms with E-state index in [1.54, 1.807) is 0 Å². The molecule has 0 aliphatic carbocycles. The first kappa shape index (κ1) is 16.1. The fraction of sp³-hybridized carbons (Fsp3) is 0.182. The molecule has 2 heteroatoms. The van der Waals surface area contributed by atoms with Gasteiger partial charge in [0.1, 0.15) is 11.5 Å². The fourth-order valence-corrected chi connectivity index (χ4v) is 2.52. The Hall–Kier alpha value is -2.74. The monoisotopic (exact) mass is 318 g/mol. The summed E-state index contributed by atoms with van der Waals surface area (Å²) in [6, 6.07) is 28.6. The Bertz CT molecular complexity index is 662. The fourth-order valence-electron chi connectivity index (χ4n) is 2.52. The number of ether oxygens (including phenoxy) is 2. The Balaban J connectivity index is 1.45. The second kappa shape index (κ2) is 8.78. The summed E-state index contributed by atoms with van der Waals surface area (Å²) < 4.78 is 11.7. The summed E-state index contributed by atoms with van der Waals surface area (Å²) in [6.07, 6.45) is 1.81. The van der Waals surface area contributed by atoms with E-state index in [0.717, 1.165) is 24.3 Å². The second-order valence-corrected chi connectivity index (χ2v) is 5.64. The van der Waals surface area contributed by atoms with Crippen LogP contribution < -0.4 is 9.47 Å². The molecule has 3 aromatic rings. The molecule has 2 nitrogen and oxygen atoms in total. The molecule has 3 rings (SSSR count). The van der Waals surface area contributed by atoms with Crippen molar-refractivity contribution in [3.05, 3.63) is 96.1 Å². The molecular weight excluding hydrogens is 296 g/mol. The van der Waals surface area contributed by atoms with E-state index in [1.807, 2.05) is 36.4 Å². The molecule has 122 valence electrons. The van der Waals surface area contributed by atoms with Crippen molar-refractivity contribution in [2.45, 2.75) is 12.8 Å². The van der Waals surface area contributed by atoms with Crippen LogP contribution in [0.5, 0.6) is 11.5 Å². The summed E-state index contributed by atoms with van der Waals surface area (Å²) in [6.45, 7) is 1.33. The molecule has 0 fully saturated rings. The van der Waals surface area contributed by atoms with Crippen LogP contribution in [0.25, 0.3) is 0 Å². The Labute approximate surface area is 143 Å². The lowest BCUT2D eigenvalue weighted by Gasteiger charge is -2.10. The van der Waals surface area contributed by atoms with E-state index in [2.05, 4.69) is 48.5 Å². The Morgan fingerprint density at radius 3 is 1.42 bits per heavy atom. The van der Waals surface area contributed by atoms with Crippen molar-refractivity contribution >= 4 is 0 Å². The van der Waals surface area contributed by atoms with E-state index < -0.39 is 0 Å². The maximum absolute atomic E-state index is 5.84. The Morgan fingerprint density at radius 1 is 0.500 bits per heavy atom. The highest BCUT2D eigenvalue weighted by Crippen LogP contribution is 2.20. The standard InChI is InChI=1S/C22H22O2/c1-3-8-19(9-4-1)14-16-23-21-12-7-13-22(18-21)24-17-15-20-10-5-2-6-11-20/h1-13,18H,14-17H2. The molecule has 0 unspecified atom stereocenters. The number of hydrogen-bond acceptors (Lipinski definition) is 2. The normalized spacial score (nSPS) is 10.3. The number of benzene rings is 3. The lowest BCUT2D eigenvalue weighted by molar-refractivity contribution is 0.306. The Kier molecular flexibility index (Phi) is 5.90. The molecule has 0 spiro atoms. The largest absolute Gasteiger partial charge is 0.493 e. The molecule has 0 radical (unpaired) electrons. The minimum Gasteiger partial charge on any atom is -0.493 e. The minimum absolute atomic E-state index is 0.664. The molecule has 0 aromatic heterocycles. The van der Waals surface area contributed by atoms with Gasteiger partial charge in [-0.05, 0) is 23.3 Å². The highest BCUT2D eigenvalue weighted by molar-refractivity contribution is 5.33. The van der Waals surface area contributed by atoms with Crippen LogP contribution in [0.4, 0.5) is 0 Å². The van der Waals surface area contributed by atoms with Crippen molar-refractivity contribution < 1.29 is 9.47 Å². The van der Waals surface area contributed by atoms with Gasteiger partial charge in [-0.15, -0.1) is 0 Å². The Morgan fingerprint density at radius 2 is 0.958 bits per heavy atom. The van der Waals surface area contributed by atoms with Crippen molar-refractivity contribution in [3.8, 4) is 11.5 Å². The van der Waals surface area contributed by atoms with E-state index in [0.29, 0.717) is 13.2 Å². The quantitative estimate of drug-likeness (QED) is 0.586. The van der Waals surface area contributed by atoms with Crippen LogP contribution in [0, 0.1) is 0 Å². The van der Waals surface area contributed by atoms with E-state index in [1.165, 1.54) is 11.1 Å². The average Bonchev–Trinajstić information content (AvgIpc) is 2.64. The first-order valence-corrected chi connectivity index (χ1v) is 8.34. The minimum atomic E-state index is 0.664. The zero-order valence-electron chi connectivity index (χ0n) is 13.7. The zero-order chi connectivity index (χ0) is 16.5. The molecule has 0 atom stereocenters. The van der Waals surface area contributed by atoms with Crippen LogP contribution in [0.3, 0.4) is 0 Å². The van der Waals surface area contributed by atoms with Crippen LogP contribution in [-0.4, -0.2) is 13.2 Å². The van der Waals surface area contributed by atoms with Gasteiger partial charge in [-0.1, -0.05) is 66.7 Å². The predicted octanol–water partition coefficient (Wildman–Crippen LogP) is 4.93. The van der Waals surface area contributed by atoms with Crippen LogP contribution >= 0.6 is 0 Å². The van der Waals surface area contributed by atoms with Crippen LogP contribution in [0.2, 0.25) is 0 Å². The number of rotatable bonds is 8. The van der Waals surface area contributed by atoms with Gasteiger partial charge in [-0.25, -0.2) is 0 Å². The third-order valence-electron chi connectivity index (χ3n) is 3.81. The molecule has 0 amide bonds. The van der Waals surface area contributed by atoms with Crippen molar-refractivity contribution in [2.24, 2.45) is 0 Å². The number of hydrogen-bond donors (Lipinski definition) is 0. The van der Waals surface area contributed by atoms with E-state index in [4.69, 9.17) is 9.47 Å². The van der Waals surface area contributed by atoms with Gasteiger partial charge in [-0.2, -0.15) is 0 Å². The van der Waals surface area contributed by atoms with Gasteiger partial charge in [-0.3, -0.25) is 0 Å². The van der Waals surface area contributed by atoms with E-state index in [-0.39, 0.29) is 0 Å². The third-order valence-corrected chi connectivity index (χ3v) is 3.81. The summed E-state index contributed by atoms with van der Waals surface area (Å²) in [5.41, 5.74) is 2.57. The van der Waals surface area contributed by atoms with Gasteiger partial charge < -0.3 is 9.47 Å². The van der Waals surface area contributed by atoms with Crippen molar-refractivity contribution in [1.82, 2.24) is 0 Å². The van der Waals surface area contributed by atoms with Gasteiger partial charge >= 0.3 is 0 Å². The molecule has 0 heterocycles. The highest BCUT2D eigenvalue weighted by atomic mass is 16.5. The predicted molar refractivity (Wildman–Crippen MR) is 97.7 cm³/mol. The summed E-state index contributed by atoms with van der Waals surface area (Å²) in [5, 5.41) is 0. The smallest absolute Gasteiger partial charge is 0.122 e. The van der Waals surface area contributed by atoms with E-state index >= 15 is 0 Å². The van der Waals surface area contributed by atoms with E-state index in [9.17, 15) is 0 Å². The first-order chi connectivity index (χ1) is 11.9. The van der Waals surface area contributed by atoms with Gasteiger partial charge in [0.2, 0.25) is 0 Å². The molecule has 0 saturated heterocycles. The summed E-state index contributed by atoms with van der Waals surface area (Å²) >= 11 is 0. The highest BCUT2D eigenvalue weighted by Gasteiger charge is 2.00.